The van der Waals surface area contributed by atoms with Gasteiger partial charge in [0.25, 0.3) is 5.56 Å². The Balaban J connectivity index is 2.56. The fourth-order valence-corrected chi connectivity index (χ4v) is 2.05. The van der Waals surface area contributed by atoms with Gasteiger partial charge in [-0.25, -0.2) is 4.98 Å². The van der Waals surface area contributed by atoms with Crippen LogP contribution in [0.4, 0.5) is 0 Å². The highest BCUT2D eigenvalue weighted by Crippen LogP contribution is 2.29. The summed E-state index contributed by atoms with van der Waals surface area (Å²) >= 11 is 6.10. The summed E-state index contributed by atoms with van der Waals surface area (Å²) in [6, 6.07) is 6.82. The van der Waals surface area contributed by atoms with Crippen LogP contribution in [0.15, 0.2) is 29.1 Å². The number of nitrogens with one attached hydrogen (secondary N) is 1. The van der Waals surface area contributed by atoms with Crippen LogP contribution in [0.5, 0.6) is 5.75 Å². The largest absolute Gasteiger partial charge is 0.495 e. The standard InChI is InChI=1S/C15H17ClN2O2/c1-15(2,3)12-8-13(19)18-14(17-12)9-5-6-11(20-4)10(16)7-9/h5-8H,1-4H3,(H,17,18,19). The predicted molar refractivity (Wildman–Crippen MR) is 80.6 cm³/mol. The molecule has 4 nitrogen and oxygen atoms in total. The van der Waals surface area contributed by atoms with Crippen molar-refractivity contribution in [2.45, 2.75) is 26.2 Å². The number of nitrogens with zero attached hydrogens (tertiary/aromatic N) is 1. The second-order valence-corrected chi connectivity index (χ2v) is 5.99. The lowest BCUT2D eigenvalue weighted by Crippen LogP contribution is -2.19. The zero-order chi connectivity index (χ0) is 14.9. The van der Waals surface area contributed by atoms with E-state index in [1.807, 2.05) is 26.8 Å². The van der Waals surface area contributed by atoms with Crippen LogP contribution in [0.25, 0.3) is 11.4 Å². The molecule has 106 valence electrons. The van der Waals surface area contributed by atoms with E-state index in [0.29, 0.717) is 16.6 Å². The van der Waals surface area contributed by atoms with Crippen LogP contribution in [0.1, 0.15) is 26.5 Å². The molecule has 0 unspecified atom stereocenters. The molecule has 0 aliphatic heterocycles. The fourth-order valence-electron chi connectivity index (χ4n) is 1.79. The number of methoxy groups -OCH3 is 1. The van der Waals surface area contributed by atoms with E-state index >= 15 is 0 Å². The van der Waals surface area contributed by atoms with Crippen LogP contribution in [-0.2, 0) is 5.41 Å². The van der Waals surface area contributed by atoms with Crippen molar-refractivity contribution >= 4 is 11.6 Å². The maximum absolute atomic E-state index is 11.8. The van der Waals surface area contributed by atoms with Gasteiger partial charge in [-0.3, -0.25) is 4.79 Å². The highest BCUT2D eigenvalue weighted by Gasteiger charge is 2.17. The smallest absolute Gasteiger partial charge is 0.251 e. The fraction of sp³-hybridized carbons (Fsp3) is 0.333. The van der Waals surface area contributed by atoms with Crippen LogP contribution in [0.2, 0.25) is 5.02 Å². The van der Waals surface area contributed by atoms with Crippen molar-refractivity contribution < 1.29 is 4.74 Å². The average molecular weight is 293 g/mol. The Morgan fingerprint density at radius 1 is 1.25 bits per heavy atom. The van der Waals surface area contributed by atoms with Gasteiger partial charge >= 0.3 is 0 Å². The predicted octanol–water partition coefficient (Wildman–Crippen LogP) is 3.40. The highest BCUT2D eigenvalue weighted by atomic mass is 35.5. The highest BCUT2D eigenvalue weighted by molar-refractivity contribution is 6.32. The summed E-state index contributed by atoms with van der Waals surface area (Å²) in [6.07, 6.45) is 0. The zero-order valence-electron chi connectivity index (χ0n) is 12.0. The third kappa shape index (κ3) is 3.02. The molecule has 0 aliphatic carbocycles. The number of benzene rings is 1. The van der Waals surface area contributed by atoms with Crippen LogP contribution < -0.4 is 10.3 Å². The van der Waals surface area contributed by atoms with Crippen molar-refractivity contribution in [1.29, 1.82) is 0 Å². The molecule has 0 spiro atoms. The molecule has 5 heteroatoms. The third-order valence-electron chi connectivity index (χ3n) is 2.94. The first-order valence-electron chi connectivity index (χ1n) is 6.27. The Hall–Kier alpha value is -1.81. The van der Waals surface area contributed by atoms with E-state index in [4.69, 9.17) is 16.3 Å². The van der Waals surface area contributed by atoms with Crippen LogP contribution in [-0.4, -0.2) is 17.1 Å². The van der Waals surface area contributed by atoms with Gasteiger partial charge in [0.15, 0.2) is 0 Å². The molecule has 1 heterocycles. The molecule has 0 saturated carbocycles. The van der Waals surface area contributed by atoms with Gasteiger partial charge in [0, 0.05) is 17.0 Å². The summed E-state index contributed by atoms with van der Waals surface area (Å²) in [5, 5.41) is 0.480. The van der Waals surface area contributed by atoms with E-state index in [9.17, 15) is 4.79 Å². The van der Waals surface area contributed by atoms with E-state index in [1.165, 1.54) is 6.07 Å². The number of hydrogen-bond acceptors (Lipinski definition) is 3. The van der Waals surface area contributed by atoms with E-state index in [0.717, 1.165) is 11.3 Å². The van der Waals surface area contributed by atoms with Gasteiger partial charge in [-0.2, -0.15) is 0 Å². The van der Waals surface area contributed by atoms with E-state index in [-0.39, 0.29) is 11.0 Å². The van der Waals surface area contributed by atoms with E-state index < -0.39 is 0 Å². The summed E-state index contributed by atoms with van der Waals surface area (Å²) in [6.45, 7) is 6.04. The average Bonchev–Trinajstić information content (AvgIpc) is 2.37. The molecule has 0 radical (unpaired) electrons. The molecule has 0 bridgehead atoms. The lowest BCUT2D eigenvalue weighted by atomic mass is 9.92. The molecule has 2 rings (SSSR count). The van der Waals surface area contributed by atoms with Crippen molar-refractivity contribution in [3.8, 4) is 17.1 Å². The van der Waals surface area contributed by atoms with Crippen LogP contribution >= 0.6 is 11.6 Å². The van der Waals surface area contributed by atoms with Gasteiger partial charge in [-0.15, -0.1) is 0 Å². The van der Waals surface area contributed by atoms with Gasteiger partial charge < -0.3 is 9.72 Å². The minimum Gasteiger partial charge on any atom is -0.495 e. The van der Waals surface area contributed by atoms with Crippen molar-refractivity contribution in [3.63, 3.8) is 0 Å². The number of ether oxygens (including phenoxy) is 1. The van der Waals surface area contributed by atoms with Crippen LogP contribution in [0.3, 0.4) is 0 Å². The number of H-pyrrole nitrogens is 1. The van der Waals surface area contributed by atoms with Crippen molar-refractivity contribution in [2.24, 2.45) is 0 Å². The molecule has 20 heavy (non-hydrogen) atoms. The number of halogens is 1. The minimum atomic E-state index is -0.195. The topological polar surface area (TPSA) is 55.0 Å². The summed E-state index contributed by atoms with van der Waals surface area (Å²) in [7, 11) is 1.56. The monoisotopic (exact) mass is 292 g/mol. The molecule has 0 fully saturated rings. The molecular formula is C15H17ClN2O2. The third-order valence-corrected chi connectivity index (χ3v) is 3.23. The number of aromatic nitrogens is 2. The number of aromatic amines is 1. The molecule has 0 atom stereocenters. The van der Waals surface area contributed by atoms with Gasteiger partial charge in [-0.05, 0) is 18.2 Å². The quantitative estimate of drug-likeness (QED) is 0.923. The molecule has 0 amide bonds. The normalized spacial score (nSPS) is 11.4. The molecule has 0 saturated heterocycles. The lowest BCUT2D eigenvalue weighted by Gasteiger charge is -2.18. The Morgan fingerprint density at radius 3 is 2.50 bits per heavy atom. The Labute approximate surface area is 122 Å². The summed E-state index contributed by atoms with van der Waals surface area (Å²) in [5.74, 6) is 1.09. The van der Waals surface area contributed by atoms with Gasteiger partial charge in [-0.1, -0.05) is 32.4 Å². The minimum absolute atomic E-state index is 0.174. The summed E-state index contributed by atoms with van der Waals surface area (Å²) in [4.78, 5) is 19.0. The van der Waals surface area contributed by atoms with Gasteiger partial charge in [0.2, 0.25) is 0 Å². The Kier molecular flexibility index (Phi) is 3.86. The Bertz CT molecular complexity index is 687. The number of hydrogen-bond donors (Lipinski definition) is 1. The second kappa shape index (κ2) is 5.29. The zero-order valence-corrected chi connectivity index (χ0v) is 12.7. The Morgan fingerprint density at radius 2 is 1.95 bits per heavy atom. The lowest BCUT2D eigenvalue weighted by molar-refractivity contribution is 0.415. The first-order valence-corrected chi connectivity index (χ1v) is 6.65. The first kappa shape index (κ1) is 14.6. The molecule has 2 aromatic rings. The molecular weight excluding hydrogens is 276 g/mol. The molecule has 1 aromatic carbocycles. The van der Waals surface area contributed by atoms with Gasteiger partial charge in [0.05, 0.1) is 17.8 Å². The maximum Gasteiger partial charge on any atom is 0.251 e. The van der Waals surface area contributed by atoms with Crippen molar-refractivity contribution in [2.75, 3.05) is 7.11 Å². The van der Waals surface area contributed by atoms with Gasteiger partial charge in [0.1, 0.15) is 11.6 Å². The van der Waals surface area contributed by atoms with Crippen molar-refractivity contribution in [1.82, 2.24) is 9.97 Å². The first-order chi connectivity index (χ1) is 9.31. The molecule has 1 aromatic heterocycles. The maximum atomic E-state index is 11.8. The SMILES string of the molecule is COc1ccc(-c2nc(C(C)(C)C)cc(=O)[nH]2)cc1Cl. The molecule has 1 N–H and O–H groups in total. The summed E-state index contributed by atoms with van der Waals surface area (Å²) in [5.41, 5.74) is 1.12. The molecule has 0 aliphatic rings. The summed E-state index contributed by atoms with van der Waals surface area (Å²) < 4.78 is 5.11. The van der Waals surface area contributed by atoms with Crippen molar-refractivity contribution in [3.05, 3.63) is 45.3 Å². The number of rotatable bonds is 2. The van der Waals surface area contributed by atoms with E-state index in [2.05, 4.69) is 9.97 Å². The second-order valence-electron chi connectivity index (χ2n) is 5.58. The van der Waals surface area contributed by atoms with E-state index in [1.54, 1.807) is 19.2 Å². The van der Waals surface area contributed by atoms with Crippen LogP contribution in [0, 0.1) is 0 Å².